The van der Waals surface area contributed by atoms with Crippen LogP contribution in [-0.4, -0.2) is 65.7 Å². The summed E-state index contributed by atoms with van der Waals surface area (Å²) < 4.78 is 14.6. The lowest BCUT2D eigenvalue weighted by Gasteiger charge is -2.32. The lowest BCUT2D eigenvalue weighted by molar-refractivity contribution is 0.134. The fourth-order valence-corrected chi connectivity index (χ4v) is 5.25. The first kappa shape index (κ1) is 26.8. The second kappa shape index (κ2) is 12.4. The van der Waals surface area contributed by atoms with Crippen molar-refractivity contribution >= 4 is 34.2 Å². The molecular weight excluding hydrogens is 519 g/mol. The predicted octanol–water partition coefficient (Wildman–Crippen LogP) is 7.23. The van der Waals surface area contributed by atoms with E-state index in [1.165, 1.54) is 0 Å². The molecule has 0 spiro atoms. The summed E-state index contributed by atoms with van der Waals surface area (Å²) in [6.45, 7) is 9.13. The summed E-state index contributed by atoms with van der Waals surface area (Å²) in [5.74, 6) is 3.09. The molecule has 1 aliphatic heterocycles. The topological polar surface area (TPSA) is 42.8 Å². The number of aromatic nitrogens is 2. The van der Waals surface area contributed by atoms with Gasteiger partial charge in [-0.2, -0.15) is 0 Å². The van der Waals surface area contributed by atoms with Crippen LogP contribution in [0.4, 0.5) is 0 Å². The van der Waals surface area contributed by atoms with E-state index in [1.807, 2.05) is 24.3 Å². The zero-order valence-electron chi connectivity index (χ0n) is 22.0. The molecule has 0 amide bonds. The Balaban J connectivity index is 1.37. The molecule has 0 unspecified atom stereocenters. The molecule has 6 nitrogen and oxygen atoms in total. The SMILES string of the molecule is CCCCn1c(-c2cccc(Oc3cc(Cl)cc(Cl)c3)c2)nc2ccc(OCCN3CCN(C)CC3)cc21. The highest BCUT2D eigenvalue weighted by atomic mass is 35.5. The van der Waals surface area contributed by atoms with E-state index in [0.717, 1.165) is 80.3 Å². The van der Waals surface area contributed by atoms with Crippen LogP contribution < -0.4 is 9.47 Å². The van der Waals surface area contributed by atoms with Crippen molar-refractivity contribution in [1.82, 2.24) is 19.4 Å². The average Bonchev–Trinajstić information content (AvgIpc) is 3.26. The van der Waals surface area contributed by atoms with Gasteiger partial charge < -0.3 is 18.9 Å². The van der Waals surface area contributed by atoms with E-state index in [2.05, 4.69) is 46.5 Å². The number of unbranched alkanes of at least 4 members (excludes halogenated alkanes) is 1. The summed E-state index contributed by atoms with van der Waals surface area (Å²) in [4.78, 5) is 9.85. The lowest BCUT2D eigenvalue weighted by Crippen LogP contribution is -2.45. The molecule has 0 N–H and O–H groups in total. The number of likely N-dealkylation sites (N-methyl/N-ethyl adjacent to an activating group) is 1. The minimum Gasteiger partial charge on any atom is -0.492 e. The van der Waals surface area contributed by atoms with Gasteiger partial charge in [-0.3, -0.25) is 4.90 Å². The number of hydrogen-bond donors (Lipinski definition) is 0. The number of hydrogen-bond acceptors (Lipinski definition) is 5. The van der Waals surface area contributed by atoms with Crippen molar-refractivity contribution in [3.63, 3.8) is 0 Å². The fourth-order valence-electron chi connectivity index (χ4n) is 4.74. The molecule has 200 valence electrons. The molecule has 1 aliphatic rings. The van der Waals surface area contributed by atoms with Crippen LogP contribution in [-0.2, 0) is 6.54 Å². The Kier molecular flexibility index (Phi) is 8.75. The van der Waals surface area contributed by atoms with Crippen molar-refractivity contribution < 1.29 is 9.47 Å². The molecule has 3 aromatic carbocycles. The van der Waals surface area contributed by atoms with Crippen molar-refractivity contribution in [3.05, 3.63) is 70.7 Å². The van der Waals surface area contributed by atoms with E-state index in [-0.39, 0.29) is 0 Å². The van der Waals surface area contributed by atoms with Crippen LogP contribution in [0.15, 0.2) is 60.7 Å². The van der Waals surface area contributed by atoms with Gasteiger partial charge in [0.25, 0.3) is 0 Å². The Hall–Kier alpha value is -2.77. The monoisotopic (exact) mass is 552 g/mol. The van der Waals surface area contributed by atoms with Crippen LogP contribution in [0.25, 0.3) is 22.4 Å². The number of ether oxygens (including phenoxy) is 2. The highest BCUT2D eigenvalue weighted by Gasteiger charge is 2.16. The third kappa shape index (κ3) is 6.62. The number of rotatable bonds is 10. The maximum absolute atomic E-state index is 6.18. The van der Waals surface area contributed by atoms with Crippen LogP contribution in [0.2, 0.25) is 10.0 Å². The molecule has 1 fully saturated rings. The standard InChI is InChI=1S/C30H34Cl2N4O2/c1-3-4-10-36-29-21-25(37-16-15-35-13-11-34(2)12-14-35)8-9-28(29)33-30(36)22-6-5-7-26(17-22)38-27-19-23(31)18-24(32)20-27/h5-9,17-21H,3-4,10-16H2,1-2H3. The molecule has 0 bridgehead atoms. The predicted molar refractivity (Wildman–Crippen MR) is 156 cm³/mol. The summed E-state index contributed by atoms with van der Waals surface area (Å²) in [6, 6.07) is 19.4. The van der Waals surface area contributed by atoms with Gasteiger partial charge in [0.2, 0.25) is 0 Å². The Morgan fingerprint density at radius 1 is 0.842 bits per heavy atom. The molecule has 1 saturated heterocycles. The van der Waals surface area contributed by atoms with Gasteiger partial charge in [-0.05, 0) is 55.9 Å². The zero-order chi connectivity index (χ0) is 26.5. The fraction of sp³-hybridized carbons (Fsp3) is 0.367. The van der Waals surface area contributed by atoms with Gasteiger partial charge in [-0.1, -0.05) is 48.7 Å². The van der Waals surface area contributed by atoms with Crippen molar-refractivity contribution in [2.24, 2.45) is 0 Å². The number of aryl methyl sites for hydroxylation is 1. The van der Waals surface area contributed by atoms with E-state index < -0.39 is 0 Å². The number of piperazine rings is 1. The molecular formula is C30H34Cl2N4O2. The van der Waals surface area contributed by atoms with Crippen LogP contribution in [0, 0.1) is 0 Å². The summed E-state index contributed by atoms with van der Waals surface area (Å²) >= 11 is 12.3. The summed E-state index contributed by atoms with van der Waals surface area (Å²) in [5.41, 5.74) is 3.02. The largest absolute Gasteiger partial charge is 0.492 e. The first-order chi connectivity index (χ1) is 18.5. The van der Waals surface area contributed by atoms with Gasteiger partial charge in [-0.25, -0.2) is 4.98 Å². The molecule has 0 radical (unpaired) electrons. The van der Waals surface area contributed by atoms with Crippen molar-refractivity contribution in [1.29, 1.82) is 0 Å². The van der Waals surface area contributed by atoms with E-state index >= 15 is 0 Å². The molecule has 2 heterocycles. The molecule has 4 aromatic rings. The maximum atomic E-state index is 6.18. The first-order valence-electron chi connectivity index (χ1n) is 13.3. The third-order valence-corrected chi connectivity index (χ3v) is 7.33. The summed E-state index contributed by atoms with van der Waals surface area (Å²) in [7, 11) is 2.18. The molecule has 0 aliphatic carbocycles. The van der Waals surface area contributed by atoms with Gasteiger partial charge in [0.15, 0.2) is 0 Å². The molecule has 8 heteroatoms. The minimum absolute atomic E-state index is 0.534. The van der Waals surface area contributed by atoms with E-state index in [0.29, 0.717) is 28.2 Å². The normalized spacial score (nSPS) is 14.7. The summed E-state index contributed by atoms with van der Waals surface area (Å²) in [5, 5.41) is 1.07. The zero-order valence-corrected chi connectivity index (χ0v) is 23.5. The van der Waals surface area contributed by atoms with E-state index in [9.17, 15) is 0 Å². The Labute approximate surface area is 234 Å². The Bertz CT molecular complexity index is 1360. The summed E-state index contributed by atoms with van der Waals surface area (Å²) in [6.07, 6.45) is 2.16. The van der Waals surface area contributed by atoms with Gasteiger partial charge in [0.05, 0.1) is 11.0 Å². The smallest absolute Gasteiger partial charge is 0.141 e. The highest BCUT2D eigenvalue weighted by molar-refractivity contribution is 6.34. The molecule has 1 aromatic heterocycles. The quantitative estimate of drug-likeness (QED) is 0.207. The van der Waals surface area contributed by atoms with Crippen LogP contribution in [0.5, 0.6) is 17.2 Å². The number of benzene rings is 3. The van der Waals surface area contributed by atoms with Gasteiger partial charge in [0, 0.05) is 60.9 Å². The first-order valence-corrected chi connectivity index (χ1v) is 14.0. The average molecular weight is 554 g/mol. The maximum Gasteiger partial charge on any atom is 0.141 e. The number of fused-ring (bicyclic) bond motifs is 1. The molecule has 0 saturated carbocycles. The molecule has 0 atom stereocenters. The lowest BCUT2D eigenvalue weighted by atomic mass is 10.2. The van der Waals surface area contributed by atoms with Crippen LogP contribution >= 0.6 is 23.2 Å². The highest BCUT2D eigenvalue weighted by Crippen LogP contribution is 2.33. The number of nitrogens with zero attached hydrogens (tertiary/aromatic N) is 4. The Morgan fingerprint density at radius 3 is 2.39 bits per heavy atom. The van der Waals surface area contributed by atoms with Crippen molar-refractivity contribution in [3.8, 4) is 28.6 Å². The van der Waals surface area contributed by atoms with Gasteiger partial charge >= 0.3 is 0 Å². The van der Waals surface area contributed by atoms with Gasteiger partial charge in [-0.15, -0.1) is 0 Å². The number of imidazole rings is 1. The molecule has 38 heavy (non-hydrogen) atoms. The molecule has 5 rings (SSSR count). The van der Waals surface area contributed by atoms with Gasteiger partial charge in [0.1, 0.15) is 29.7 Å². The van der Waals surface area contributed by atoms with Crippen molar-refractivity contribution in [2.45, 2.75) is 26.3 Å². The third-order valence-electron chi connectivity index (χ3n) is 6.89. The van der Waals surface area contributed by atoms with Crippen LogP contribution in [0.1, 0.15) is 19.8 Å². The second-order valence-corrected chi connectivity index (χ2v) is 10.7. The second-order valence-electron chi connectivity index (χ2n) is 9.82. The van der Waals surface area contributed by atoms with Crippen molar-refractivity contribution in [2.75, 3.05) is 46.4 Å². The Morgan fingerprint density at radius 2 is 1.63 bits per heavy atom. The van der Waals surface area contributed by atoms with Crippen LogP contribution in [0.3, 0.4) is 0 Å². The van der Waals surface area contributed by atoms with E-state index in [1.54, 1.807) is 18.2 Å². The minimum atomic E-state index is 0.534. The van der Waals surface area contributed by atoms with E-state index in [4.69, 9.17) is 37.7 Å². The number of halogens is 2.